The van der Waals surface area contributed by atoms with E-state index in [4.69, 9.17) is 9.47 Å². The lowest BCUT2D eigenvalue weighted by molar-refractivity contribution is 0.116. The van der Waals surface area contributed by atoms with Crippen LogP contribution in [0.4, 0.5) is 0 Å². The Labute approximate surface area is 166 Å². The van der Waals surface area contributed by atoms with Crippen molar-refractivity contribution in [2.75, 3.05) is 19.0 Å². The third-order valence-electron chi connectivity index (χ3n) is 4.57. The van der Waals surface area contributed by atoms with Crippen molar-refractivity contribution in [2.45, 2.75) is 84.0 Å². The zero-order valence-electron chi connectivity index (χ0n) is 17.6. The molecule has 0 spiro atoms. The van der Waals surface area contributed by atoms with E-state index in [1.54, 1.807) is 20.8 Å². The fraction of sp³-hybridized carbons (Fsp3) is 0.727. The van der Waals surface area contributed by atoms with Gasteiger partial charge >= 0.3 is 0 Å². The fourth-order valence-electron chi connectivity index (χ4n) is 2.58. The van der Waals surface area contributed by atoms with Gasteiger partial charge in [-0.25, -0.2) is 8.42 Å². The SMILES string of the molecule is CCCCOc1cccc(COCCCCCCCS(=O)(=O)C(C)(C)C)c1. The quantitative estimate of drug-likeness (QED) is 0.386. The maximum absolute atomic E-state index is 12.0. The Kier molecular flexibility index (Phi) is 11.0. The Morgan fingerprint density at radius 2 is 1.63 bits per heavy atom. The minimum Gasteiger partial charge on any atom is -0.494 e. The van der Waals surface area contributed by atoms with Crippen molar-refractivity contribution in [2.24, 2.45) is 0 Å². The summed E-state index contributed by atoms with van der Waals surface area (Å²) < 4.78 is 34.9. The van der Waals surface area contributed by atoms with Crippen LogP contribution in [0.5, 0.6) is 5.75 Å². The van der Waals surface area contributed by atoms with E-state index in [2.05, 4.69) is 13.0 Å². The topological polar surface area (TPSA) is 52.6 Å². The first kappa shape index (κ1) is 24.0. The molecule has 0 saturated heterocycles. The molecule has 0 aliphatic rings. The largest absolute Gasteiger partial charge is 0.494 e. The third kappa shape index (κ3) is 10.2. The first-order chi connectivity index (χ1) is 12.8. The molecule has 5 heteroatoms. The summed E-state index contributed by atoms with van der Waals surface area (Å²) in [5.74, 6) is 1.21. The molecule has 0 saturated carbocycles. The van der Waals surface area contributed by atoms with Gasteiger partial charge < -0.3 is 9.47 Å². The Morgan fingerprint density at radius 1 is 0.926 bits per heavy atom. The molecule has 0 heterocycles. The number of ether oxygens (including phenoxy) is 2. The smallest absolute Gasteiger partial charge is 0.155 e. The van der Waals surface area contributed by atoms with E-state index in [0.29, 0.717) is 12.4 Å². The summed E-state index contributed by atoms with van der Waals surface area (Å²) in [5, 5.41) is 0. The van der Waals surface area contributed by atoms with E-state index >= 15 is 0 Å². The molecule has 0 fully saturated rings. The molecule has 0 aliphatic heterocycles. The normalized spacial score (nSPS) is 12.3. The summed E-state index contributed by atoms with van der Waals surface area (Å²) in [7, 11) is -2.98. The average molecular weight is 399 g/mol. The summed E-state index contributed by atoms with van der Waals surface area (Å²) in [6.07, 6.45) is 7.08. The van der Waals surface area contributed by atoms with E-state index < -0.39 is 14.6 Å². The third-order valence-corrected chi connectivity index (χ3v) is 7.26. The van der Waals surface area contributed by atoms with E-state index in [9.17, 15) is 8.42 Å². The highest BCUT2D eigenvalue weighted by Gasteiger charge is 2.27. The number of unbranched alkanes of at least 4 members (excludes halogenated alkanes) is 5. The second-order valence-electron chi connectivity index (χ2n) is 8.10. The second-order valence-corrected chi connectivity index (χ2v) is 11.0. The van der Waals surface area contributed by atoms with E-state index in [1.807, 2.05) is 18.2 Å². The van der Waals surface area contributed by atoms with Crippen LogP contribution in [0.2, 0.25) is 0 Å². The van der Waals surface area contributed by atoms with Crippen molar-refractivity contribution in [1.82, 2.24) is 0 Å². The maximum Gasteiger partial charge on any atom is 0.155 e. The molecule has 0 aromatic heterocycles. The van der Waals surface area contributed by atoms with E-state index in [-0.39, 0.29) is 0 Å². The molecule has 0 unspecified atom stereocenters. The second kappa shape index (κ2) is 12.4. The zero-order valence-corrected chi connectivity index (χ0v) is 18.4. The van der Waals surface area contributed by atoms with Gasteiger partial charge in [-0.2, -0.15) is 0 Å². The molecule has 4 nitrogen and oxygen atoms in total. The minimum absolute atomic E-state index is 0.295. The van der Waals surface area contributed by atoms with Gasteiger partial charge in [-0.3, -0.25) is 0 Å². The number of hydrogen-bond donors (Lipinski definition) is 0. The summed E-state index contributed by atoms with van der Waals surface area (Å²) in [6, 6.07) is 8.10. The minimum atomic E-state index is -2.98. The summed E-state index contributed by atoms with van der Waals surface area (Å²) >= 11 is 0. The molecule has 0 radical (unpaired) electrons. The van der Waals surface area contributed by atoms with Crippen LogP contribution < -0.4 is 4.74 Å². The van der Waals surface area contributed by atoms with Gasteiger partial charge in [0.1, 0.15) is 5.75 Å². The Balaban J connectivity index is 2.08. The lowest BCUT2D eigenvalue weighted by atomic mass is 10.2. The zero-order chi connectivity index (χ0) is 20.2. The van der Waals surface area contributed by atoms with Gasteiger partial charge in [-0.1, -0.05) is 44.7 Å². The molecular formula is C22H38O4S. The van der Waals surface area contributed by atoms with Crippen LogP contribution in [-0.4, -0.2) is 32.1 Å². The highest BCUT2D eigenvalue weighted by molar-refractivity contribution is 7.92. The number of rotatable bonds is 14. The van der Waals surface area contributed by atoms with Crippen molar-refractivity contribution < 1.29 is 17.9 Å². The molecule has 1 aromatic rings. The van der Waals surface area contributed by atoms with E-state index in [0.717, 1.165) is 69.5 Å². The van der Waals surface area contributed by atoms with Crippen LogP contribution in [-0.2, 0) is 21.2 Å². The molecule has 156 valence electrons. The van der Waals surface area contributed by atoms with Crippen LogP contribution in [0.15, 0.2) is 24.3 Å². The van der Waals surface area contributed by atoms with Gasteiger partial charge in [0.2, 0.25) is 0 Å². The monoisotopic (exact) mass is 398 g/mol. The highest BCUT2D eigenvalue weighted by atomic mass is 32.2. The molecule has 0 bridgehead atoms. The van der Waals surface area contributed by atoms with Gasteiger partial charge in [-0.15, -0.1) is 0 Å². The summed E-state index contributed by atoms with van der Waals surface area (Å²) in [5.41, 5.74) is 1.14. The molecule has 0 amide bonds. The van der Waals surface area contributed by atoms with Gasteiger partial charge in [-0.05, 0) is 57.7 Å². The van der Waals surface area contributed by atoms with Crippen molar-refractivity contribution in [3.05, 3.63) is 29.8 Å². The summed E-state index contributed by atoms with van der Waals surface area (Å²) in [6.45, 7) is 9.57. The summed E-state index contributed by atoms with van der Waals surface area (Å²) in [4.78, 5) is 0. The van der Waals surface area contributed by atoms with Crippen LogP contribution in [0.25, 0.3) is 0 Å². The highest BCUT2D eigenvalue weighted by Crippen LogP contribution is 2.18. The fourth-order valence-corrected chi connectivity index (χ4v) is 3.78. The Hall–Kier alpha value is -1.07. The Bertz CT molecular complexity index is 617. The molecule has 27 heavy (non-hydrogen) atoms. The lowest BCUT2D eigenvalue weighted by Gasteiger charge is -2.18. The van der Waals surface area contributed by atoms with Crippen molar-refractivity contribution in [3.8, 4) is 5.75 Å². The van der Waals surface area contributed by atoms with Crippen LogP contribution in [0.3, 0.4) is 0 Å². The van der Waals surface area contributed by atoms with E-state index in [1.165, 1.54) is 0 Å². The van der Waals surface area contributed by atoms with Gasteiger partial charge in [0.05, 0.1) is 23.7 Å². The predicted molar refractivity (Wildman–Crippen MR) is 113 cm³/mol. The molecule has 1 rings (SSSR count). The molecule has 0 N–H and O–H groups in total. The Morgan fingerprint density at radius 3 is 2.33 bits per heavy atom. The molecule has 0 atom stereocenters. The van der Waals surface area contributed by atoms with Crippen molar-refractivity contribution in [1.29, 1.82) is 0 Å². The van der Waals surface area contributed by atoms with Gasteiger partial charge in [0.25, 0.3) is 0 Å². The van der Waals surface area contributed by atoms with Crippen LogP contribution in [0.1, 0.15) is 78.2 Å². The standard InChI is InChI=1S/C22H38O4S/c1-5-6-16-26-21-14-12-13-20(18-21)19-25-15-10-8-7-9-11-17-27(23,24)22(2,3)4/h12-14,18H,5-11,15-17,19H2,1-4H3. The first-order valence-electron chi connectivity index (χ1n) is 10.3. The number of hydrogen-bond acceptors (Lipinski definition) is 4. The number of benzene rings is 1. The van der Waals surface area contributed by atoms with Crippen molar-refractivity contribution in [3.63, 3.8) is 0 Å². The molecular weight excluding hydrogens is 360 g/mol. The predicted octanol–water partition coefficient (Wildman–Crippen LogP) is 5.55. The first-order valence-corrected chi connectivity index (χ1v) is 11.9. The molecule has 1 aromatic carbocycles. The van der Waals surface area contributed by atoms with Gasteiger partial charge in [0.15, 0.2) is 9.84 Å². The lowest BCUT2D eigenvalue weighted by Crippen LogP contribution is -2.30. The maximum atomic E-state index is 12.0. The number of sulfone groups is 1. The average Bonchev–Trinajstić information content (AvgIpc) is 2.60. The van der Waals surface area contributed by atoms with Crippen LogP contribution in [0, 0.1) is 0 Å². The van der Waals surface area contributed by atoms with Gasteiger partial charge in [0, 0.05) is 6.61 Å². The molecule has 0 aliphatic carbocycles. The van der Waals surface area contributed by atoms with Crippen molar-refractivity contribution >= 4 is 9.84 Å². The van der Waals surface area contributed by atoms with Crippen LogP contribution >= 0.6 is 0 Å².